The highest BCUT2D eigenvalue weighted by Gasteiger charge is 2.23. The average Bonchev–Trinajstić information content (AvgIpc) is 2.92. The lowest BCUT2D eigenvalue weighted by molar-refractivity contribution is 0.586. The van der Waals surface area contributed by atoms with Crippen LogP contribution in [0.2, 0.25) is 0 Å². The predicted octanol–water partition coefficient (Wildman–Crippen LogP) is 1.87. The van der Waals surface area contributed by atoms with Crippen molar-refractivity contribution in [3.05, 3.63) is 42.6 Å². The zero-order valence-corrected chi connectivity index (χ0v) is 14.2. The summed E-state index contributed by atoms with van der Waals surface area (Å²) in [7, 11) is -0.898. The van der Waals surface area contributed by atoms with Gasteiger partial charge in [0.2, 0.25) is 0 Å². The van der Waals surface area contributed by atoms with E-state index in [1.54, 1.807) is 6.20 Å². The zero-order chi connectivity index (χ0) is 16.7. The minimum absolute atomic E-state index is 0.186. The summed E-state index contributed by atoms with van der Waals surface area (Å²) in [6.45, 7) is 0.975. The van der Waals surface area contributed by atoms with Crippen molar-refractivity contribution >= 4 is 26.7 Å². The number of fused-ring (bicyclic) bond motifs is 1. The Morgan fingerprint density at radius 2 is 1.83 bits per heavy atom. The number of aromatic nitrogens is 3. The first-order chi connectivity index (χ1) is 11.5. The van der Waals surface area contributed by atoms with Crippen molar-refractivity contribution < 1.29 is 8.42 Å². The Balaban J connectivity index is 1.71. The van der Waals surface area contributed by atoms with Crippen molar-refractivity contribution in [3.8, 4) is 11.4 Å². The monoisotopic (exact) mass is 342 g/mol. The van der Waals surface area contributed by atoms with Crippen molar-refractivity contribution in [2.45, 2.75) is 0 Å². The highest BCUT2D eigenvalue weighted by Crippen LogP contribution is 2.26. The summed E-state index contributed by atoms with van der Waals surface area (Å²) in [5.74, 6) is 2.05. The molecule has 7 heteroatoms. The van der Waals surface area contributed by atoms with E-state index in [0.29, 0.717) is 13.1 Å². The maximum absolute atomic E-state index is 11.6. The maximum atomic E-state index is 11.6. The van der Waals surface area contributed by atoms with Gasteiger partial charge >= 0.3 is 0 Å². The molecule has 2 aromatic heterocycles. The molecule has 0 aliphatic carbocycles. The summed E-state index contributed by atoms with van der Waals surface area (Å²) in [6, 6.07) is 11.9. The van der Waals surface area contributed by atoms with E-state index >= 15 is 0 Å². The molecule has 0 bridgehead atoms. The molecule has 0 unspecified atom stereocenters. The molecule has 1 fully saturated rings. The number of benzene rings is 1. The Hall–Kier alpha value is -2.41. The second-order valence-corrected chi connectivity index (χ2v) is 8.33. The number of hydrogen-bond donors (Lipinski definition) is 0. The van der Waals surface area contributed by atoms with Gasteiger partial charge in [0.15, 0.2) is 9.84 Å². The molecule has 0 atom stereocenters. The third-order valence-electron chi connectivity index (χ3n) is 4.46. The first-order valence-electron chi connectivity index (χ1n) is 7.87. The molecule has 1 aliphatic rings. The third-order valence-corrected chi connectivity index (χ3v) is 6.07. The first kappa shape index (κ1) is 15.1. The molecule has 0 radical (unpaired) electrons. The van der Waals surface area contributed by atoms with E-state index in [2.05, 4.69) is 9.55 Å². The molecule has 1 aromatic carbocycles. The average molecular weight is 342 g/mol. The summed E-state index contributed by atoms with van der Waals surface area (Å²) in [4.78, 5) is 11.1. The maximum Gasteiger partial charge on any atom is 0.153 e. The van der Waals surface area contributed by atoms with Crippen LogP contribution in [0.3, 0.4) is 0 Å². The second kappa shape index (κ2) is 5.59. The van der Waals surface area contributed by atoms with Crippen LogP contribution in [-0.2, 0) is 16.9 Å². The molecule has 1 saturated heterocycles. The molecule has 0 spiro atoms. The SMILES string of the molecule is Cn1c(-c2ccnc(N3CCS(=O)(=O)CC3)c2)nc2ccccc21. The fourth-order valence-corrected chi connectivity index (χ4v) is 4.28. The van der Waals surface area contributed by atoms with Crippen LogP contribution in [0.15, 0.2) is 42.6 Å². The van der Waals surface area contributed by atoms with E-state index in [-0.39, 0.29) is 11.5 Å². The molecule has 3 aromatic rings. The number of para-hydroxylation sites is 2. The molecular formula is C17H18N4O2S. The number of pyridine rings is 1. The normalized spacial score (nSPS) is 17.3. The largest absolute Gasteiger partial charge is 0.355 e. The Kier molecular flexibility index (Phi) is 3.53. The molecule has 1 aliphatic heterocycles. The van der Waals surface area contributed by atoms with Gasteiger partial charge in [0.1, 0.15) is 11.6 Å². The first-order valence-corrected chi connectivity index (χ1v) is 9.69. The van der Waals surface area contributed by atoms with E-state index in [1.807, 2.05) is 48.3 Å². The zero-order valence-electron chi connectivity index (χ0n) is 13.4. The summed E-state index contributed by atoms with van der Waals surface area (Å²) in [6.07, 6.45) is 1.76. The fraction of sp³-hybridized carbons (Fsp3) is 0.294. The van der Waals surface area contributed by atoms with Gasteiger partial charge < -0.3 is 9.47 Å². The van der Waals surface area contributed by atoms with Crippen molar-refractivity contribution in [1.29, 1.82) is 0 Å². The Labute approximate surface area is 140 Å². The summed E-state index contributed by atoms with van der Waals surface area (Å²) < 4.78 is 25.3. The van der Waals surface area contributed by atoms with Crippen LogP contribution in [0.5, 0.6) is 0 Å². The topological polar surface area (TPSA) is 68.1 Å². The number of hydrogen-bond acceptors (Lipinski definition) is 5. The van der Waals surface area contributed by atoms with Crippen LogP contribution < -0.4 is 4.90 Å². The molecule has 0 amide bonds. The van der Waals surface area contributed by atoms with Gasteiger partial charge in [-0.2, -0.15) is 0 Å². The molecule has 124 valence electrons. The summed E-state index contributed by atoms with van der Waals surface area (Å²) in [5, 5.41) is 0. The van der Waals surface area contributed by atoms with Gasteiger partial charge in [-0.05, 0) is 24.3 Å². The van der Waals surface area contributed by atoms with Gasteiger partial charge in [0.05, 0.1) is 22.5 Å². The van der Waals surface area contributed by atoms with Gasteiger partial charge in [0, 0.05) is 31.9 Å². The smallest absolute Gasteiger partial charge is 0.153 e. The third kappa shape index (κ3) is 2.65. The Bertz CT molecular complexity index is 996. The molecule has 3 heterocycles. The van der Waals surface area contributed by atoms with Gasteiger partial charge in [-0.3, -0.25) is 0 Å². The minimum Gasteiger partial charge on any atom is -0.355 e. The number of aryl methyl sites for hydroxylation is 1. The van der Waals surface area contributed by atoms with Crippen LogP contribution in [-0.4, -0.2) is 47.5 Å². The molecule has 4 rings (SSSR count). The lowest BCUT2D eigenvalue weighted by Gasteiger charge is -2.27. The van der Waals surface area contributed by atoms with Gasteiger partial charge in [-0.1, -0.05) is 12.1 Å². The Morgan fingerprint density at radius 1 is 1.08 bits per heavy atom. The highest BCUT2D eigenvalue weighted by molar-refractivity contribution is 7.91. The van der Waals surface area contributed by atoms with Gasteiger partial charge in [0.25, 0.3) is 0 Å². The van der Waals surface area contributed by atoms with Crippen LogP contribution >= 0.6 is 0 Å². The lowest BCUT2D eigenvalue weighted by Crippen LogP contribution is -2.40. The fourth-order valence-electron chi connectivity index (χ4n) is 3.08. The van der Waals surface area contributed by atoms with Crippen molar-refractivity contribution in [2.24, 2.45) is 7.05 Å². The van der Waals surface area contributed by atoms with E-state index in [9.17, 15) is 8.42 Å². The molecule has 6 nitrogen and oxygen atoms in total. The van der Waals surface area contributed by atoms with Crippen LogP contribution in [0.25, 0.3) is 22.4 Å². The number of rotatable bonds is 2. The van der Waals surface area contributed by atoms with E-state index in [4.69, 9.17) is 4.98 Å². The number of sulfone groups is 1. The van der Waals surface area contributed by atoms with Crippen molar-refractivity contribution in [3.63, 3.8) is 0 Å². The molecular weight excluding hydrogens is 324 g/mol. The summed E-state index contributed by atoms with van der Waals surface area (Å²) >= 11 is 0. The van der Waals surface area contributed by atoms with Crippen LogP contribution in [0.1, 0.15) is 0 Å². The van der Waals surface area contributed by atoms with Crippen LogP contribution in [0.4, 0.5) is 5.82 Å². The molecule has 0 N–H and O–H groups in total. The minimum atomic E-state index is -2.90. The van der Waals surface area contributed by atoms with Crippen molar-refractivity contribution in [2.75, 3.05) is 29.5 Å². The van der Waals surface area contributed by atoms with E-state index in [0.717, 1.165) is 28.2 Å². The van der Waals surface area contributed by atoms with E-state index < -0.39 is 9.84 Å². The Morgan fingerprint density at radius 3 is 2.58 bits per heavy atom. The summed E-state index contributed by atoms with van der Waals surface area (Å²) in [5.41, 5.74) is 3.01. The predicted molar refractivity (Wildman–Crippen MR) is 94.8 cm³/mol. The van der Waals surface area contributed by atoms with Gasteiger partial charge in [-0.15, -0.1) is 0 Å². The molecule has 0 saturated carbocycles. The van der Waals surface area contributed by atoms with E-state index in [1.165, 1.54) is 0 Å². The van der Waals surface area contributed by atoms with Crippen molar-refractivity contribution in [1.82, 2.24) is 14.5 Å². The van der Waals surface area contributed by atoms with Gasteiger partial charge in [-0.25, -0.2) is 18.4 Å². The lowest BCUT2D eigenvalue weighted by atomic mass is 10.2. The second-order valence-electron chi connectivity index (χ2n) is 6.02. The highest BCUT2D eigenvalue weighted by atomic mass is 32.2. The molecule has 24 heavy (non-hydrogen) atoms. The quantitative estimate of drug-likeness (QED) is 0.711. The number of anilines is 1. The number of imidazole rings is 1. The standard InChI is InChI=1S/C17H18N4O2S/c1-20-15-5-3-2-4-14(15)19-17(20)13-6-7-18-16(12-13)21-8-10-24(22,23)11-9-21/h2-7,12H,8-11H2,1H3. The number of nitrogens with zero attached hydrogens (tertiary/aromatic N) is 4. The van der Waals surface area contributed by atoms with Crippen LogP contribution in [0, 0.1) is 0 Å².